The van der Waals surface area contributed by atoms with Crippen LogP contribution in [-0.2, 0) is 12.1 Å². The van der Waals surface area contributed by atoms with Crippen molar-refractivity contribution in [1.82, 2.24) is 29.3 Å². The lowest BCUT2D eigenvalue weighted by atomic mass is 10.0. The summed E-state index contributed by atoms with van der Waals surface area (Å²) < 4.78 is 9.53. The molecular formula is C31H30N6O. The van der Waals surface area contributed by atoms with E-state index in [2.05, 4.69) is 77.8 Å². The number of nitrogens with zero attached hydrogens (tertiary/aromatic N) is 6. The van der Waals surface area contributed by atoms with Gasteiger partial charge >= 0.3 is 0 Å². The number of rotatable bonds is 5. The van der Waals surface area contributed by atoms with Crippen LogP contribution in [0.25, 0.3) is 44.5 Å². The molecule has 2 aromatic carbocycles. The standard InChI is InChI=1S/C31H30N6O/c1-20-14-22(12-13-32-20)24-15-26-29(23-8-11-27-28(16-23)36(19-34-27)31(2,3)4)35-37(30(26)33-17-24)18-21-6-9-25(38-5)10-7-21/h6-17,19H,18H2,1-5H3. The van der Waals surface area contributed by atoms with E-state index in [1.165, 1.54) is 0 Å². The monoisotopic (exact) mass is 502 g/mol. The second-order valence-electron chi connectivity index (χ2n) is 10.6. The van der Waals surface area contributed by atoms with Gasteiger partial charge in [0.1, 0.15) is 11.4 Å². The van der Waals surface area contributed by atoms with Crippen molar-refractivity contribution < 1.29 is 4.74 Å². The Hall–Kier alpha value is -4.52. The summed E-state index contributed by atoms with van der Waals surface area (Å²) in [4.78, 5) is 13.9. The van der Waals surface area contributed by atoms with Gasteiger partial charge in [-0.05, 0) is 81.3 Å². The van der Waals surface area contributed by atoms with Crippen molar-refractivity contribution in [2.24, 2.45) is 0 Å². The molecule has 0 fully saturated rings. The summed E-state index contributed by atoms with van der Waals surface area (Å²) in [7, 11) is 1.68. The first kappa shape index (κ1) is 23.9. The largest absolute Gasteiger partial charge is 0.497 e. The predicted molar refractivity (Wildman–Crippen MR) is 151 cm³/mol. The van der Waals surface area contributed by atoms with Gasteiger partial charge in [-0.1, -0.05) is 18.2 Å². The van der Waals surface area contributed by atoms with Crippen molar-refractivity contribution in [2.45, 2.75) is 39.8 Å². The van der Waals surface area contributed by atoms with Crippen LogP contribution >= 0.6 is 0 Å². The van der Waals surface area contributed by atoms with Gasteiger partial charge in [0.15, 0.2) is 5.65 Å². The first-order chi connectivity index (χ1) is 18.3. The minimum Gasteiger partial charge on any atom is -0.497 e. The molecular weight excluding hydrogens is 472 g/mol. The van der Waals surface area contributed by atoms with Crippen LogP contribution in [0.1, 0.15) is 32.0 Å². The minimum atomic E-state index is -0.0862. The summed E-state index contributed by atoms with van der Waals surface area (Å²) >= 11 is 0. The fraction of sp³-hybridized carbons (Fsp3) is 0.226. The number of aromatic nitrogens is 6. The van der Waals surface area contributed by atoms with Crippen molar-refractivity contribution >= 4 is 22.1 Å². The number of fused-ring (bicyclic) bond motifs is 2. The van der Waals surface area contributed by atoms with Crippen molar-refractivity contribution in [3.8, 4) is 28.1 Å². The molecule has 0 aliphatic heterocycles. The number of imidazole rings is 1. The maximum atomic E-state index is 5.33. The van der Waals surface area contributed by atoms with Crippen LogP contribution in [-0.4, -0.2) is 36.4 Å². The number of pyridine rings is 2. The van der Waals surface area contributed by atoms with E-state index in [9.17, 15) is 0 Å². The van der Waals surface area contributed by atoms with Crippen LogP contribution in [0.3, 0.4) is 0 Å². The van der Waals surface area contributed by atoms with Gasteiger partial charge < -0.3 is 9.30 Å². The lowest BCUT2D eigenvalue weighted by Crippen LogP contribution is -2.20. The summed E-state index contributed by atoms with van der Waals surface area (Å²) in [5.41, 5.74) is 8.96. The van der Waals surface area contributed by atoms with Crippen LogP contribution in [0.15, 0.2) is 79.4 Å². The van der Waals surface area contributed by atoms with Gasteiger partial charge in [0, 0.05) is 40.1 Å². The molecule has 7 nitrogen and oxygen atoms in total. The van der Waals surface area contributed by atoms with E-state index in [0.29, 0.717) is 6.54 Å². The van der Waals surface area contributed by atoms with Crippen molar-refractivity contribution in [3.63, 3.8) is 0 Å². The molecule has 0 bridgehead atoms. The Bertz CT molecular complexity index is 1770. The summed E-state index contributed by atoms with van der Waals surface area (Å²) in [5.74, 6) is 0.832. The lowest BCUT2D eigenvalue weighted by molar-refractivity contribution is 0.408. The molecule has 0 atom stereocenters. The third-order valence-electron chi connectivity index (χ3n) is 6.85. The van der Waals surface area contributed by atoms with E-state index in [4.69, 9.17) is 14.8 Å². The molecule has 4 aromatic heterocycles. The van der Waals surface area contributed by atoms with Crippen molar-refractivity contribution in [2.75, 3.05) is 7.11 Å². The first-order valence-corrected chi connectivity index (χ1v) is 12.7. The highest BCUT2D eigenvalue weighted by molar-refractivity contribution is 5.95. The zero-order chi connectivity index (χ0) is 26.4. The van der Waals surface area contributed by atoms with E-state index in [1.54, 1.807) is 7.11 Å². The van der Waals surface area contributed by atoms with Gasteiger partial charge in [-0.25, -0.2) is 14.6 Å². The van der Waals surface area contributed by atoms with Crippen LogP contribution in [0.2, 0.25) is 0 Å². The molecule has 190 valence electrons. The van der Waals surface area contributed by atoms with Gasteiger partial charge in [0.25, 0.3) is 0 Å². The number of methoxy groups -OCH3 is 1. The third kappa shape index (κ3) is 4.30. The highest BCUT2D eigenvalue weighted by Gasteiger charge is 2.19. The SMILES string of the molecule is COc1ccc(Cn2nc(-c3ccc4ncn(C(C)(C)C)c4c3)c3cc(-c4ccnc(C)c4)cnc32)cc1. The molecule has 7 heteroatoms. The summed E-state index contributed by atoms with van der Waals surface area (Å²) in [5, 5.41) is 6.12. The Morgan fingerprint density at radius 1 is 0.842 bits per heavy atom. The van der Waals surface area contributed by atoms with Gasteiger partial charge in [0.05, 0.1) is 31.0 Å². The Kier molecular flexibility index (Phi) is 5.71. The molecule has 0 unspecified atom stereocenters. The summed E-state index contributed by atoms with van der Waals surface area (Å²) in [6.45, 7) is 9.16. The Morgan fingerprint density at radius 2 is 1.66 bits per heavy atom. The molecule has 0 spiro atoms. The van der Waals surface area contributed by atoms with Crippen LogP contribution < -0.4 is 4.74 Å². The molecule has 4 heterocycles. The normalized spacial score (nSPS) is 11.9. The molecule has 0 saturated carbocycles. The molecule has 6 aromatic rings. The lowest BCUT2D eigenvalue weighted by Gasteiger charge is -2.21. The third-order valence-corrected chi connectivity index (χ3v) is 6.85. The number of ether oxygens (including phenoxy) is 1. The predicted octanol–water partition coefficient (Wildman–Crippen LogP) is 6.63. The van der Waals surface area contributed by atoms with Crippen molar-refractivity contribution in [3.05, 3.63) is 90.6 Å². The van der Waals surface area contributed by atoms with E-state index < -0.39 is 0 Å². The molecule has 0 saturated heterocycles. The summed E-state index contributed by atoms with van der Waals surface area (Å²) in [6.07, 6.45) is 5.68. The number of benzene rings is 2. The highest BCUT2D eigenvalue weighted by Crippen LogP contribution is 2.33. The topological polar surface area (TPSA) is 70.7 Å². The van der Waals surface area contributed by atoms with Crippen LogP contribution in [0.5, 0.6) is 5.75 Å². The van der Waals surface area contributed by atoms with Gasteiger partial charge in [-0.3, -0.25) is 4.98 Å². The average Bonchev–Trinajstić information content (AvgIpc) is 3.50. The highest BCUT2D eigenvalue weighted by atomic mass is 16.5. The maximum absolute atomic E-state index is 5.33. The van der Waals surface area contributed by atoms with E-state index >= 15 is 0 Å². The molecule has 38 heavy (non-hydrogen) atoms. The molecule has 0 amide bonds. The Morgan fingerprint density at radius 3 is 2.39 bits per heavy atom. The maximum Gasteiger partial charge on any atom is 0.158 e. The molecule has 0 radical (unpaired) electrons. The summed E-state index contributed by atoms with van der Waals surface area (Å²) in [6, 6.07) is 20.7. The van der Waals surface area contributed by atoms with Crippen molar-refractivity contribution in [1.29, 1.82) is 0 Å². The molecule has 0 aliphatic rings. The van der Waals surface area contributed by atoms with E-state index in [1.807, 2.05) is 48.5 Å². The quantitative estimate of drug-likeness (QED) is 0.265. The first-order valence-electron chi connectivity index (χ1n) is 12.7. The number of hydrogen-bond acceptors (Lipinski definition) is 5. The second kappa shape index (κ2) is 9.10. The number of hydrogen-bond donors (Lipinski definition) is 0. The molecule has 6 rings (SSSR count). The fourth-order valence-electron chi connectivity index (χ4n) is 4.86. The zero-order valence-corrected chi connectivity index (χ0v) is 22.3. The van der Waals surface area contributed by atoms with Gasteiger partial charge in [-0.15, -0.1) is 0 Å². The second-order valence-corrected chi connectivity index (χ2v) is 10.6. The molecule has 0 N–H and O–H groups in total. The fourth-order valence-corrected chi connectivity index (χ4v) is 4.86. The van der Waals surface area contributed by atoms with Crippen LogP contribution in [0.4, 0.5) is 0 Å². The zero-order valence-electron chi connectivity index (χ0n) is 22.3. The Labute approximate surface area is 221 Å². The van der Waals surface area contributed by atoms with Crippen LogP contribution in [0, 0.1) is 6.92 Å². The average molecular weight is 503 g/mol. The minimum absolute atomic E-state index is 0.0862. The van der Waals surface area contributed by atoms with Gasteiger partial charge in [0.2, 0.25) is 0 Å². The Balaban J connectivity index is 1.53. The number of aryl methyl sites for hydroxylation is 1. The van der Waals surface area contributed by atoms with E-state index in [-0.39, 0.29) is 5.54 Å². The van der Waals surface area contributed by atoms with Gasteiger partial charge in [-0.2, -0.15) is 5.10 Å². The van der Waals surface area contributed by atoms with E-state index in [0.717, 1.165) is 61.5 Å². The smallest absolute Gasteiger partial charge is 0.158 e. The molecule has 0 aliphatic carbocycles.